The Labute approximate surface area is 125 Å². The summed E-state index contributed by atoms with van der Waals surface area (Å²) >= 11 is 0. The first-order valence-electron chi connectivity index (χ1n) is 7.64. The van der Waals surface area contributed by atoms with Crippen LogP contribution >= 0.6 is 0 Å². The van der Waals surface area contributed by atoms with Crippen molar-refractivity contribution >= 4 is 5.91 Å². The monoisotopic (exact) mass is 295 g/mol. The third kappa shape index (κ3) is 4.01. The lowest BCUT2D eigenvalue weighted by molar-refractivity contribution is 0.0881. The molecule has 0 aromatic carbocycles. The normalized spacial score (nSPS) is 19.2. The second-order valence-electron chi connectivity index (χ2n) is 5.91. The fraction of sp³-hybridized carbons (Fsp3) is 0.786. The number of carbonyl (C=O) groups excluding carboxylic acids is 1. The summed E-state index contributed by atoms with van der Waals surface area (Å²) in [5.41, 5.74) is -0.0733. The highest BCUT2D eigenvalue weighted by molar-refractivity contribution is 5.92. The maximum absolute atomic E-state index is 12.3. The molecule has 0 aliphatic carbocycles. The van der Waals surface area contributed by atoms with Crippen molar-refractivity contribution in [3.05, 3.63) is 11.9 Å². The minimum Gasteiger partial charge on any atom is -0.396 e. The number of aliphatic hydroxyl groups is 1. The zero-order valence-corrected chi connectivity index (χ0v) is 12.8. The molecule has 1 amide bonds. The van der Waals surface area contributed by atoms with Gasteiger partial charge in [-0.3, -0.25) is 4.79 Å². The molecule has 0 radical (unpaired) electrons. The van der Waals surface area contributed by atoms with Gasteiger partial charge in [0.1, 0.15) is 0 Å². The van der Waals surface area contributed by atoms with Crippen LogP contribution in [0, 0.1) is 0 Å². The highest BCUT2D eigenvalue weighted by Crippen LogP contribution is 2.18. The summed E-state index contributed by atoms with van der Waals surface area (Å²) in [5.74, 6) is -0.229. The van der Waals surface area contributed by atoms with Gasteiger partial charge in [-0.2, -0.15) is 0 Å². The van der Waals surface area contributed by atoms with Gasteiger partial charge < -0.3 is 15.7 Å². The molecule has 1 atom stereocenters. The molecule has 21 heavy (non-hydrogen) atoms. The van der Waals surface area contributed by atoms with E-state index in [0.29, 0.717) is 18.2 Å². The third-order valence-electron chi connectivity index (χ3n) is 4.28. The fourth-order valence-corrected chi connectivity index (χ4v) is 2.54. The van der Waals surface area contributed by atoms with Crippen molar-refractivity contribution in [1.29, 1.82) is 0 Å². The van der Waals surface area contributed by atoms with Crippen molar-refractivity contribution in [2.45, 2.75) is 51.1 Å². The molecule has 0 spiro atoms. The number of carbonyl (C=O) groups is 1. The first kappa shape index (κ1) is 15.9. The van der Waals surface area contributed by atoms with E-state index in [2.05, 4.69) is 20.9 Å². The van der Waals surface area contributed by atoms with Gasteiger partial charge >= 0.3 is 0 Å². The lowest BCUT2D eigenvalue weighted by atomic mass is 9.95. The van der Waals surface area contributed by atoms with Crippen molar-refractivity contribution in [3.63, 3.8) is 0 Å². The number of aromatic nitrogens is 3. The van der Waals surface area contributed by atoms with E-state index in [0.717, 1.165) is 32.4 Å². The van der Waals surface area contributed by atoms with Gasteiger partial charge in [-0.25, -0.2) is 4.68 Å². The number of hydrogen-bond donors (Lipinski definition) is 3. The summed E-state index contributed by atoms with van der Waals surface area (Å²) in [7, 11) is 0. The molecule has 0 bridgehead atoms. The highest BCUT2D eigenvalue weighted by Gasteiger charge is 2.26. The Balaban J connectivity index is 2.01. The minimum atomic E-state index is -0.412. The van der Waals surface area contributed by atoms with Gasteiger partial charge in [-0.1, -0.05) is 12.1 Å². The molecule has 7 nitrogen and oxygen atoms in total. The van der Waals surface area contributed by atoms with Crippen LogP contribution in [0.25, 0.3) is 0 Å². The Hall–Kier alpha value is -1.47. The summed E-state index contributed by atoms with van der Waals surface area (Å²) in [6.07, 6.45) is 5.00. The van der Waals surface area contributed by atoms with Crippen molar-refractivity contribution < 1.29 is 9.90 Å². The smallest absolute Gasteiger partial charge is 0.273 e. The molecule has 7 heteroatoms. The van der Waals surface area contributed by atoms with E-state index in [1.165, 1.54) is 0 Å². The molecule has 1 aromatic rings. The number of nitrogens with zero attached hydrogens (tertiary/aromatic N) is 3. The van der Waals surface area contributed by atoms with Gasteiger partial charge in [-0.05, 0) is 45.7 Å². The maximum Gasteiger partial charge on any atom is 0.273 e. The van der Waals surface area contributed by atoms with Crippen LogP contribution in [0.15, 0.2) is 6.20 Å². The van der Waals surface area contributed by atoms with E-state index in [-0.39, 0.29) is 12.5 Å². The van der Waals surface area contributed by atoms with Crippen LogP contribution in [0.4, 0.5) is 0 Å². The average molecular weight is 295 g/mol. The topological polar surface area (TPSA) is 92.1 Å². The Morgan fingerprint density at radius 3 is 2.90 bits per heavy atom. The molecular formula is C14H25N5O2. The standard InChI is InChI=1S/C14H25N5O2/c1-3-14(2,6-9-20)16-13(21)12-10-19(18-17-12)11-4-7-15-8-5-11/h10-11,15,20H,3-9H2,1-2H3,(H,16,21). The lowest BCUT2D eigenvalue weighted by Crippen LogP contribution is -2.46. The summed E-state index contributed by atoms with van der Waals surface area (Å²) in [6.45, 7) is 5.90. The largest absolute Gasteiger partial charge is 0.396 e. The van der Waals surface area contributed by atoms with Crippen LogP contribution in [0.1, 0.15) is 56.1 Å². The molecule has 1 aromatic heterocycles. The van der Waals surface area contributed by atoms with Crippen molar-refractivity contribution in [1.82, 2.24) is 25.6 Å². The highest BCUT2D eigenvalue weighted by atomic mass is 16.3. The predicted octanol–water partition coefficient (Wildman–Crippen LogP) is 0.484. The molecule has 1 unspecified atom stereocenters. The summed E-state index contributed by atoms with van der Waals surface area (Å²) in [5, 5.41) is 23.4. The molecule has 1 aliphatic heterocycles. The van der Waals surface area contributed by atoms with Gasteiger partial charge in [0.15, 0.2) is 5.69 Å². The Bertz CT molecular complexity index is 470. The van der Waals surface area contributed by atoms with E-state index in [1.54, 1.807) is 10.9 Å². The number of rotatable bonds is 6. The fourth-order valence-electron chi connectivity index (χ4n) is 2.54. The molecule has 1 fully saturated rings. The SMILES string of the molecule is CCC(C)(CCO)NC(=O)c1cn(C2CCNCC2)nn1. The molecule has 1 aliphatic rings. The Morgan fingerprint density at radius 2 is 2.29 bits per heavy atom. The zero-order chi connectivity index (χ0) is 15.3. The van der Waals surface area contributed by atoms with Gasteiger partial charge in [0, 0.05) is 12.1 Å². The number of piperidine rings is 1. The van der Waals surface area contributed by atoms with Gasteiger partial charge in [0.2, 0.25) is 0 Å². The summed E-state index contributed by atoms with van der Waals surface area (Å²) < 4.78 is 1.80. The van der Waals surface area contributed by atoms with Crippen LogP contribution in [0.2, 0.25) is 0 Å². The van der Waals surface area contributed by atoms with E-state index in [4.69, 9.17) is 5.11 Å². The van der Waals surface area contributed by atoms with Gasteiger partial charge in [0.05, 0.1) is 12.2 Å². The molecule has 1 saturated heterocycles. The van der Waals surface area contributed by atoms with Crippen LogP contribution in [0.3, 0.4) is 0 Å². The van der Waals surface area contributed by atoms with Gasteiger partial charge in [0.25, 0.3) is 5.91 Å². The molecule has 3 N–H and O–H groups in total. The Morgan fingerprint density at radius 1 is 1.57 bits per heavy atom. The lowest BCUT2D eigenvalue weighted by Gasteiger charge is -2.28. The van der Waals surface area contributed by atoms with Crippen LogP contribution in [-0.4, -0.2) is 51.2 Å². The molecule has 0 saturated carbocycles. The predicted molar refractivity (Wildman–Crippen MR) is 79.0 cm³/mol. The number of aliphatic hydroxyl groups excluding tert-OH is 1. The minimum absolute atomic E-state index is 0.0480. The molecule has 118 valence electrons. The first-order chi connectivity index (χ1) is 10.1. The number of nitrogens with one attached hydrogen (secondary N) is 2. The number of amides is 1. The maximum atomic E-state index is 12.3. The quantitative estimate of drug-likeness (QED) is 0.710. The third-order valence-corrected chi connectivity index (χ3v) is 4.28. The van der Waals surface area contributed by atoms with E-state index >= 15 is 0 Å². The van der Waals surface area contributed by atoms with Crippen molar-refractivity contribution in [3.8, 4) is 0 Å². The second-order valence-corrected chi connectivity index (χ2v) is 5.91. The van der Waals surface area contributed by atoms with Crippen LogP contribution < -0.4 is 10.6 Å². The summed E-state index contributed by atoms with van der Waals surface area (Å²) in [6, 6.07) is 0.315. The first-order valence-corrected chi connectivity index (χ1v) is 7.64. The Kier molecular flexibility index (Phi) is 5.30. The zero-order valence-electron chi connectivity index (χ0n) is 12.8. The van der Waals surface area contributed by atoms with E-state index in [1.807, 2.05) is 13.8 Å². The number of hydrogen-bond acceptors (Lipinski definition) is 5. The van der Waals surface area contributed by atoms with E-state index < -0.39 is 5.54 Å². The second kappa shape index (κ2) is 7.00. The average Bonchev–Trinajstić information content (AvgIpc) is 2.98. The van der Waals surface area contributed by atoms with Crippen molar-refractivity contribution in [2.75, 3.05) is 19.7 Å². The molecule has 2 rings (SSSR count). The van der Waals surface area contributed by atoms with Gasteiger partial charge in [-0.15, -0.1) is 5.10 Å². The van der Waals surface area contributed by atoms with E-state index in [9.17, 15) is 4.79 Å². The molecule has 2 heterocycles. The van der Waals surface area contributed by atoms with Crippen LogP contribution in [-0.2, 0) is 0 Å². The van der Waals surface area contributed by atoms with Crippen LogP contribution in [0.5, 0.6) is 0 Å². The molecular weight excluding hydrogens is 270 g/mol. The van der Waals surface area contributed by atoms with Crippen molar-refractivity contribution in [2.24, 2.45) is 0 Å². The summed E-state index contributed by atoms with van der Waals surface area (Å²) in [4.78, 5) is 12.3.